The van der Waals surface area contributed by atoms with Crippen molar-refractivity contribution in [2.24, 2.45) is 0 Å². The van der Waals surface area contributed by atoms with Crippen molar-refractivity contribution in [3.8, 4) is 5.75 Å². The van der Waals surface area contributed by atoms with Gasteiger partial charge in [0, 0.05) is 12.0 Å². The number of carbonyl (C=O) groups is 2. The highest BCUT2D eigenvalue weighted by atomic mass is 35.6. The highest BCUT2D eigenvalue weighted by Crippen LogP contribution is 2.32. The zero-order valence-corrected chi connectivity index (χ0v) is 13.9. The number of benzene rings is 1. The predicted molar refractivity (Wildman–Crippen MR) is 84.2 cm³/mol. The largest absolute Gasteiger partial charge is 0.466 e. The second-order valence-corrected chi connectivity index (χ2v) is 6.81. The molecule has 0 aliphatic rings. The topological polar surface area (TPSA) is 55.4 Å². The maximum atomic E-state index is 11.6. The molecule has 0 aliphatic carbocycles. The van der Waals surface area contributed by atoms with Gasteiger partial charge in [0.2, 0.25) is 15.9 Å². The van der Waals surface area contributed by atoms with E-state index in [1.54, 1.807) is 24.3 Å². The third kappa shape index (κ3) is 6.12. The maximum Gasteiger partial charge on any atom is 0.246 e. The van der Waals surface area contributed by atoms with Crippen LogP contribution in [0, 0.1) is 0 Å². The lowest BCUT2D eigenvalue weighted by atomic mass is 10.1. The number of hydrogen-bond acceptors (Lipinski definition) is 3. The van der Waals surface area contributed by atoms with Gasteiger partial charge in [-0.25, -0.2) is 0 Å². The molecule has 0 saturated heterocycles. The maximum absolute atomic E-state index is 11.6. The van der Waals surface area contributed by atoms with Crippen LogP contribution in [0.5, 0.6) is 5.75 Å². The van der Waals surface area contributed by atoms with E-state index in [-0.39, 0.29) is 11.7 Å². The summed E-state index contributed by atoms with van der Waals surface area (Å²) in [5.74, 6) is 0.0537. The highest BCUT2D eigenvalue weighted by Gasteiger charge is 2.36. The summed E-state index contributed by atoms with van der Waals surface area (Å²) in [6.07, 6.45) is -0.139. The van der Waals surface area contributed by atoms with E-state index in [4.69, 9.17) is 39.5 Å². The Hall–Kier alpha value is -0.970. The van der Waals surface area contributed by atoms with Gasteiger partial charge >= 0.3 is 0 Å². The molecule has 116 valence electrons. The molecule has 0 aliphatic heterocycles. The molecule has 7 heteroatoms. The summed E-state index contributed by atoms with van der Waals surface area (Å²) in [7, 11) is 0. The van der Waals surface area contributed by atoms with E-state index in [0.717, 1.165) is 0 Å². The fraction of sp³-hybridized carbons (Fsp3) is 0.429. The van der Waals surface area contributed by atoms with Crippen molar-refractivity contribution >= 4 is 46.5 Å². The summed E-state index contributed by atoms with van der Waals surface area (Å²) >= 11 is 17.4. The van der Waals surface area contributed by atoms with Crippen molar-refractivity contribution in [2.45, 2.75) is 36.7 Å². The summed E-state index contributed by atoms with van der Waals surface area (Å²) in [4.78, 5) is 22.8. The Morgan fingerprint density at radius 2 is 1.81 bits per heavy atom. The Labute approximate surface area is 138 Å². The summed E-state index contributed by atoms with van der Waals surface area (Å²) < 4.78 is 3.67. The Morgan fingerprint density at radius 3 is 2.24 bits per heavy atom. The quantitative estimate of drug-likeness (QED) is 0.480. The molecule has 1 N–H and O–H groups in total. The van der Waals surface area contributed by atoms with E-state index < -0.39 is 10.0 Å². The van der Waals surface area contributed by atoms with Crippen LogP contribution in [0.25, 0.3) is 0 Å². The van der Waals surface area contributed by atoms with Crippen LogP contribution < -0.4 is 10.1 Å². The van der Waals surface area contributed by atoms with Gasteiger partial charge in [0.1, 0.15) is 5.75 Å². The van der Waals surface area contributed by atoms with Crippen molar-refractivity contribution in [1.82, 2.24) is 5.32 Å². The van der Waals surface area contributed by atoms with Gasteiger partial charge < -0.3 is 10.1 Å². The third-order valence-corrected chi connectivity index (χ3v) is 3.18. The van der Waals surface area contributed by atoms with Crippen LogP contribution in [0.15, 0.2) is 24.3 Å². The number of ether oxygens (including phenoxy) is 1. The van der Waals surface area contributed by atoms with Gasteiger partial charge in [0.25, 0.3) is 0 Å². The van der Waals surface area contributed by atoms with Crippen molar-refractivity contribution in [2.75, 3.05) is 0 Å². The zero-order chi connectivity index (χ0) is 16.0. The van der Waals surface area contributed by atoms with E-state index in [1.807, 2.05) is 6.92 Å². The molecule has 0 saturated carbocycles. The highest BCUT2D eigenvalue weighted by molar-refractivity contribution is 6.68. The number of Topliss-reactive ketones (excluding diaryl/α,β-unsaturated/α-hetero) is 1. The van der Waals surface area contributed by atoms with E-state index >= 15 is 0 Å². The SMILES string of the molecule is CCCC(=O)N[C@@H](Oc1ccc(C(C)=O)cc1)C(Cl)(Cl)Cl. The van der Waals surface area contributed by atoms with Gasteiger partial charge in [-0.15, -0.1) is 0 Å². The minimum atomic E-state index is -1.82. The second-order valence-electron chi connectivity index (χ2n) is 4.44. The molecule has 1 aromatic carbocycles. The monoisotopic (exact) mass is 351 g/mol. The first-order chi connectivity index (χ1) is 9.74. The predicted octanol–water partition coefficient (Wildman–Crippen LogP) is 3.88. The van der Waals surface area contributed by atoms with Crippen LogP contribution >= 0.6 is 34.8 Å². The molecule has 1 amide bonds. The summed E-state index contributed by atoms with van der Waals surface area (Å²) in [5, 5.41) is 2.52. The van der Waals surface area contributed by atoms with Crippen molar-refractivity contribution < 1.29 is 14.3 Å². The Balaban J connectivity index is 2.81. The van der Waals surface area contributed by atoms with Crippen molar-refractivity contribution in [1.29, 1.82) is 0 Å². The number of amides is 1. The average molecular weight is 353 g/mol. The van der Waals surface area contributed by atoms with Crippen LogP contribution in [-0.4, -0.2) is 21.7 Å². The smallest absolute Gasteiger partial charge is 0.246 e. The van der Waals surface area contributed by atoms with Crippen molar-refractivity contribution in [3.05, 3.63) is 29.8 Å². The molecular weight excluding hydrogens is 337 g/mol. The van der Waals surface area contributed by atoms with Crippen LogP contribution in [-0.2, 0) is 4.79 Å². The number of nitrogens with one attached hydrogen (secondary N) is 1. The van der Waals surface area contributed by atoms with Gasteiger partial charge in [0.15, 0.2) is 5.78 Å². The van der Waals surface area contributed by atoms with E-state index in [0.29, 0.717) is 24.2 Å². The zero-order valence-electron chi connectivity index (χ0n) is 11.7. The standard InChI is InChI=1S/C14H16Cl3NO3/c1-3-4-12(20)18-13(14(15,16)17)21-11-7-5-10(6-8-11)9(2)19/h5-8,13H,3-4H2,1-2H3,(H,18,20)/t13-/m0/s1. The van der Waals surface area contributed by atoms with E-state index in [2.05, 4.69) is 5.32 Å². The van der Waals surface area contributed by atoms with Gasteiger partial charge in [-0.05, 0) is 37.6 Å². The molecule has 1 rings (SSSR count). The van der Waals surface area contributed by atoms with Gasteiger partial charge in [-0.2, -0.15) is 0 Å². The Bertz CT molecular complexity index is 497. The first-order valence-corrected chi connectivity index (χ1v) is 7.51. The number of carbonyl (C=O) groups excluding carboxylic acids is 2. The molecule has 0 radical (unpaired) electrons. The normalized spacial score (nSPS) is 12.6. The molecule has 1 atom stereocenters. The van der Waals surface area contributed by atoms with Crippen LogP contribution in [0.4, 0.5) is 0 Å². The van der Waals surface area contributed by atoms with Gasteiger partial charge in [-0.1, -0.05) is 41.7 Å². The third-order valence-electron chi connectivity index (χ3n) is 2.58. The average Bonchev–Trinajstić information content (AvgIpc) is 2.37. The molecule has 0 spiro atoms. The fourth-order valence-corrected chi connectivity index (χ4v) is 1.83. The molecule has 1 aromatic rings. The van der Waals surface area contributed by atoms with Crippen LogP contribution in [0.2, 0.25) is 0 Å². The van der Waals surface area contributed by atoms with Crippen molar-refractivity contribution in [3.63, 3.8) is 0 Å². The Morgan fingerprint density at radius 1 is 1.24 bits per heavy atom. The summed E-state index contributed by atoms with van der Waals surface area (Å²) in [5.41, 5.74) is 0.544. The number of alkyl halides is 3. The first kappa shape index (κ1) is 18.1. The minimum absolute atomic E-state index is 0.0595. The lowest BCUT2D eigenvalue weighted by Crippen LogP contribution is -2.47. The summed E-state index contributed by atoms with van der Waals surface area (Å²) in [6, 6.07) is 6.35. The number of rotatable bonds is 6. The fourth-order valence-electron chi connectivity index (χ4n) is 1.53. The lowest BCUT2D eigenvalue weighted by Gasteiger charge is -2.26. The number of ketones is 1. The molecule has 0 fully saturated rings. The van der Waals surface area contributed by atoms with Gasteiger partial charge in [-0.3, -0.25) is 9.59 Å². The minimum Gasteiger partial charge on any atom is -0.466 e. The number of halogens is 3. The Kier molecular flexibility index (Phi) is 6.78. The molecule has 21 heavy (non-hydrogen) atoms. The van der Waals surface area contributed by atoms with E-state index in [1.165, 1.54) is 6.92 Å². The van der Waals surface area contributed by atoms with Crippen LogP contribution in [0.3, 0.4) is 0 Å². The lowest BCUT2D eigenvalue weighted by molar-refractivity contribution is -0.123. The molecule has 4 nitrogen and oxygen atoms in total. The first-order valence-electron chi connectivity index (χ1n) is 6.37. The molecule has 0 aromatic heterocycles. The summed E-state index contributed by atoms with van der Waals surface area (Å²) in [6.45, 7) is 3.33. The van der Waals surface area contributed by atoms with Gasteiger partial charge in [0.05, 0.1) is 0 Å². The molecule has 0 bridgehead atoms. The van der Waals surface area contributed by atoms with Crippen LogP contribution in [0.1, 0.15) is 37.0 Å². The second kappa shape index (κ2) is 7.87. The molecule has 0 unspecified atom stereocenters. The molecule has 0 heterocycles. The van der Waals surface area contributed by atoms with E-state index in [9.17, 15) is 9.59 Å². The molecular formula is C14H16Cl3NO3. The number of hydrogen-bond donors (Lipinski definition) is 1.